The number of alkyl halides is 3. The van der Waals surface area contributed by atoms with Crippen molar-refractivity contribution in [3.05, 3.63) is 71.3 Å². The van der Waals surface area contributed by atoms with Crippen molar-refractivity contribution in [1.82, 2.24) is 5.32 Å². The highest BCUT2D eigenvalue weighted by Crippen LogP contribution is 2.34. The van der Waals surface area contributed by atoms with Crippen molar-refractivity contribution in [2.45, 2.75) is 37.9 Å². The Bertz CT molecular complexity index is 914. The average Bonchev–Trinajstić information content (AvgIpc) is 3.27. The molecule has 1 saturated heterocycles. The molecule has 0 amide bonds. The zero-order valence-electron chi connectivity index (χ0n) is 16.9. The van der Waals surface area contributed by atoms with E-state index in [9.17, 15) is 13.2 Å². The molecule has 3 N–H and O–H groups in total. The van der Waals surface area contributed by atoms with Crippen molar-refractivity contribution < 1.29 is 17.9 Å². The fraction of sp³-hybridized carbons (Fsp3) is 0.348. The van der Waals surface area contributed by atoms with Crippen LogP contribution in [0.1, 0.15) is 35.1 Å². The van der Waals surface area contributed by atoms with E-state index in [0.29, 0.717) is 23.6 Å². The summed E-state index contributed by atoms with van der Waals surface area (Å²) in [5, 5.41) is 3.21. The third kappa shape index (κ3) is 5.42. The molecule has 3 rings (SSSR count). The SMILES string of the molecule is C=C(N=C(N)C1CCCN1)c1ccc(CCc2ccc(OC)cc2)c(C(F)(F)F)c1. The Morgan fingerprint density at radius 1 is 1.20 bits per heavy atom. The first-order valence-electron chi connectivity index (χ1n) is 9.87. The molecule has 7 heteroatoms. The van der Waals surface area contributed by atoms with Gasteiger partial charge in [0.1, 0.15) is 11.6 Å². The van der Waals surface area contributed by atoms with E-state index in [4.69, 9.17) is 10.5 Å². The zero-order valence-corrected chi connectivity index (χ0v) is 16.9. The largest absolute Gasteiger partial charge is 0.497 e. The van der Waals surface area contributed by atoms with Crippen molar-refractivity contribution in [2.75, 3.05) is 13.7 Å². The Morgan fingerprint density at radius 3 is 2.53 bits per heavy atom. The molecule has 1 heterocycles. The summed E-state index contributed by atoms with van der Waals surface area (Å²) in [4.78, 5) is 4.25. The molecule has 0 aliphatic carbocycles. The summed E-state index contributed by atoms with van der Waals surface area (Å²) >= 11 is 0. The molecule has 0 aromatic heterocycles. The minimum Gasteiger partial charge on any atom is -0.497 e. The molecule has 1 unspecified atom stereocenters. The lowest BCUT2D eigenvalue weighted by Gasteiger charge is -2.16. The number of hydrogen-bond acceptors (Lipinski definition) is 3. The smallest absolute Gasteiger partial charge is 0.416 e. The van der Waals surface area contributed by atoms with E-state index in [1.807, 2.05) is 12.1 Å². The highest BCUT2D eigenvalue weighted by molar-refractivity contribution is 5.90. The normalized spacial score (nSPS) is 17.2. The van der Waals surface area contributed by atoms with Gasteiger partial charge in [-0.15, -0.1) is 0 Å². The van der Waals surface area contributed by atoms with Gasteiger partial charge < -0.3 is 15.8 Å². The van der Waals surface area contributed by atoms with Crippen molar-refractivity contribution in [3.8, 4) is 5.75 Å². The third-order valence-electron chi connectivity index (χ3n) is 5.27. The van der Waals surface area contributed by atoms with E-state index in [2.05, 4.69) is 16.9 Å². The predicted molar refractivity (Wildman–Crippen MR) is 114 cm³/mol. The molecule has 0 spiro atoms. The van der Waals surface area contributed by atoms with Crippen molar-refractivity contribution in [1.29, 1.82) is 0 Å². The summed E-state index contributed by atoms with van der Waals surface area (Å²) in [6.07, 6.45) is -1.85. The van der Waals surface area contributed by atoms with Crippen LogP contribution in [0, 0.1) is 0 Å². The number of halogens is 3. The van der Waals surface area contributed by atoms with Gasteiger partial charge in [0.05, 0.1) is 24.4 Å². The highest BCUT2D eigenvalue weighted by atomic mass is 19.4. The highest BCUT2D eigenvalue weighted by Gasteiger charge is 2.33. The molecule has 1 aliphatic rings. The second-order valence-electron chi connectivity index (χ2n) is 7.35. The number of amidine groups is 1. The number of nitrogens with one attached hydrogen (secondary N) is 1. The number of hydrogen-bond donors (Lipinski definition) is 2. The van der Waals surface area contributed by atoms with Crippen molar-refractivity contribution in [3.63, 3.8) is 0 Å². The van der Waals surface area contributed by atoms with E-state index >= 15 is 0 Å². The summed E-state index contributed by atoms with van der Waals surface area (Å²) in [6.45, 7) is 4.68. The van der Waals surface area contributed by atoms with Gasteiger partial charge in [-0.05, 0) is 61.6 Å². The zero-order chi connectivity index (χ0) is 21.7. The van der Waals surface area contributed by atoms with Crippen LogP contribution in [-0.2, 0) is 19.0 Å². The molecule has 4 nitrogen and oxygen atoms in total. The van der Waals surface area contributed by atoms with Crippen LogP contribution < -0.4 is 15.8 Å². The van der Waals surface area contributed by atoms with Gasteiger partial charge in [-0.2, -0.15) is 13.2 Å². The molecule has 0 saturated carbocycles. The second kappa shape index (κ2) is 9.34. The summed E-state index contributed by atoms with van der Waals surface area (Å²) < 4.78 is 46.2. The fourth-order valence-electron chi connectivity index (χ4n) is 3.54. The number of methoxy groups -OCH3 is 1. The maximum absolute atomic E-state index is 13.7. The van der Waals surface area contributed by atoms with E-state index in [1.165, 1.54) is 6.07 Å². The predicted octanol–water partition coefficient (Wildman–Crippen LogP) is 4.58. The molecule has 1 fully saturated rings. The molecular weight excluding hydrogens is 391 g/mol. The Morgan fingerprint density at radius 2 is 1.93 bits per heavy atom. The van der Waals surface area contributed by atoms with E-state index in [0.717, 1.165) is 31.0 Å². The van der Waals surface area contributed by atoms with Gasteiger partial charge in [0.2, 0.25) is 0 Å². The van der Waals surface area contributed by atoms with Crippen LogP contribution in [0.4, 0.5) is 13.2 Å². The number of ether oxygens (including phenoxy) is 1. The maximum Gasteiger partial charge on any atom is 0.416 e. The first-order chi connectivity index (χ1) is 14.3. The molecule has 0 bridgehead atoms. The van der Waals surface area contributed by atoms with Crippen LogP contribution in [0.25, 0.3) is 5.70 Å². The van der Waals surface area contributed by atoms with E-state index in [-0.39, 0.29) is 23.7 Å². The standard InChI is InChI=1S/C23H26F3N3O/c1-15(29-22(27)21-4-3-13-28-21)18-10-9-17(20(14-18)23(24,25)26)8-5-16-6-11-19(30-2)12-7-16/h6-7,9-12,14,21,28H,1,3-5,8,13H2,2H3,(H2,27,29). The van der Waals surface area contributed by atoms with Crippen LogP contribution in [0.3, 0.4) is 0 Å². The Labute approximate surface area is 174 Å². The lowest BCUT2D eigenvalue weighted by molar-refractivity contribution is -0.138. The Hall–Kier alpha value is -2.80. The number of aryl methyl sites for hydroxylation is 2. The first kappa shape index (κ1) is 21.9. The van der Waals surface area contributed by atoms with Gasteiger partial charge in [0, 0.05) is 5.56 Å². The van der Waals surface area contributed by atoms with E-state index in [1.54, 1.807) is 25.3 Å². The molecule has 0 radical (unpaired) electrons. The van der Waals surface area contributed by atoms with Crippen molar-refractivity contribution >= 4 is 11.5 Å². The fourth-order valence-corrected chi connectivity index (χ4v) is 3.54. The van der Waals surface area contributed by atoms with Crippen LogP contribution in [0.2, 0.25) is 0 Å². The first-order valence-corrected chi connectivity index (χ1v) is 9.87. The minimum atomic E-state index is -4.46. The van der Waals surface area contributed by atoms with E-state index < -0.39 is 11.7 Å². The number of nitrogens with zero attached hydrogens (tertiary/aromatic N) is 1. The third-order valence-corrected chi connectivity index (χ3v) is 5.27. The maximum atomic E-state index is 13.7. The molecule has 1 atom stereocenters. The Balaban J connectivity index is 1.79. The van der Waals surface area contributed by atoms with Gasteiger partial charge >= 0.3 is 6.18 Å². The van der Waals surface area contributed by atoms with Crippen LogP contribution in [-0.4, -0.2) is 25.5 Å². The number of benzene rings is 2. The quantitative estimate of drug-likeness (QED) is 0.512. The van der Waals surface area contributed by atoms with Crippen LogP contribution in [0.15, 0.2) is 54.0 Å². The summed E-state index contributed by atoms with van der Waals surface area (Å²) in [5.41, 5.74) is 7.06. The lowest BCUT2D eigenvalue weighted by Crippen LogP contribution is -2.36. The molecule has 1 aliphatic heterocycles. The minimum absolute atomic E-state index is 0.0485. The number of nitrogens with two attached hydrogens (primary N) is 1. The van der Waals surface area contributed by atoms with Gasteiger partial charge in [-0.1, -0.05) is 30.8 Å². The topological polar surface area (TPSA) is 59.6 Å². The number of aliphatic imine (C=N–C) groups is 1. The van der Waals surface area contributed by atoms with Crippen LogP contribution >= 0.6 is 0 Å². The van der Waals surface area contributed by atoms with Gasteiger partial charge in [-0.25, -0.2) is 4.99 Å². The molecule has 2 aromatic rings. The van der Waals surface area contributed by atoms with Gasteiger partial charge in [0.25, 0.3) is 0 Å². The van der Waals surface area contributed by atoms with Gasteiger partial charge in [-0.3, -0.25) is 0 Å². The summed E-state index contributed by atoms with van der Waals surface area (Å²) in [6, 6.07) is 11.5. The molecule has 160 valence electrons. The van der Waals surface area contributed by atoms with Crippen LogP contribution in [0.5, 0.6) is 5.75 Å². The average molecular weight is 417 g/mol. The molecule has 2 aromatic carbocycles. The van der Waals surface area contributed by atoms with Crippen molar-refractivity contribution in [2.24, 2.45) is 10.7 Å². The Kier molecular flexibility index (Phi) is 6.82. The number of rotatable bonds is 7. The molecular formula is C23H26F3N3O. The monoisotopic (exact) mass is 417 g/mol. The lowest BCUT2D eigenvalue weighted by atomic mass is 9.96. The summed E-state index contributed by atoms with van der Waals surface area (Å²) in [5.74, 6) is 1.07. The molecule has 30 heavy (non-hydrogen) atoms. The summed E-state index contributed by atoms with van der Waals surface area (Å²) in [7, 11) is 1.57. The van der Waals surface area contributed by atoms with Gasteiger partial charge in [0.15, 0.2) is 0 Å². The second-order valence-corrected chi connectivity index (χ2v) is 7.35.